The molecule has 0 saturated carbocycles. The standard InChI is InChI=1S/C17H25NO3/c1-16(2,3)21-15(20)18-14-9-7-11-6-8-12(19)10-13(11)17(14,4)5/h6,8,10,14,19H,7,9H2,1-5H3,(H,18,20). The highest BCUT2D eigenvalue weighted by atomic mass is 16.6. The molecule has 0 saturated heterocycles. The quantitative estimate of drug-likeness (QED) is 0.832. The average molecular weight is 291 g/mol. The molecule has 1 aromatic rings. The first-order valence-corrected chi connectivity index (χ1v) is 7.41. The Bertz CT molecular complexity index is 543. The molecule has 0 aliphatic heterocycles. The Morgan fingerprint density at radius 3 is 2.67 bits per heavy atom. The molecule has 0 spiro atoms. The van der Waals surface area contributed by atoms with Gasteiger partial charge in [0.05, 0.1) is 0 Å². The second-order valence-corrected chi connectivity index (χ2v) is 7.30. The van der Waals surface area contributed by atoms with Crippen LogP contribution in [0.2, 0.25) is 0 Å². The molecule has 1 aliphatic rings. The predicted octanol–water partition coefficient (Wildman–Crippen LogP) is 3.51. The van der Waals surface area contributed by atoms with Gasteiger partial charge in [0.1, 0.15) is 11.4 Å². The first kappa shape index (κ1) is 15.7. The van der Waals surface area contributed by atoms with Crippen LogP contribution in [-0.4, -0.2) is 22.8 Å². The molecule has 2 N–H and O–H groups in total. The number of aromatic hydroxyl groups is 1. The molecule has 0 heterocycles. The largest absolute Gasteiger partial charge is 0.508 e. The van der Waals surface area contributed by atoms with Crippen molar-refractivity contribution in [3.8, 4) is 5.75 Å². The molecule has 0 aromatic heterocycles. The zero-order chi connectivity index (χ0) is 15.8. The minimum atomic E-state index is -0.501. The van der Waals surface area contributed by atoms with E-state index in [0.717, 1.165) is 18.4 Å². The van der Waals surface area contributed by atoms with Crippen LogP contribution in [0.25, 0.3) is 0 Å². The van der Waals surface area contributed by atoms with Crippen molar-refractivity contribution < 1.29 is 14.6 Å². The number of amides is 1. The maximum atomic E-state index is 12.0. The summed E-state index contributed by atoms with van der Waals surface area (Å²) in [7, 11) is 0. The van der Waals surface area contributed by atoms with Crippen LogP contribution in [0.5, 0.6) is 5.75 Å². The van der Waals surface area contributed by atoms with E-state index >= 15 is 0 Å². The van der Waals surface area contributed by atoms with E-state index in [1.807, 2.05) is 26.8 Å². The number of aryl methyl sites for hydroxylation is 1. The molecular formula is C17H25NO3. The number of phenols is 1. The summed E-state index contributed by atoms with van der Waals surface area (Å²) in [5.74, 6) is 0.264. The number of nitrogens with one attached hydrogen (secondary N) is 1. The van der Waals surface area contributed by atoms with E-state index in [4.69, 9.17) is 4.74 Å². The molecule has 1 amide bonds. The van der Waals surface area contributed by atoms with Gasteiger partial charge in [0.25, 0.3) is 0 Å². The number of carbonyl (C=O) groups is 1. The van der Waals surface area contributed by atoms with Crippen LogP contribution >= 0.6 is 0 Å². The van der Waals surface area contributed by atoms with Crippen LogP contribution in [-0.2, 0) is 16.6 Å². The Labute approximate surface area is 126 Å². The highest BCUT2D eigenvalue weighted by Gasteiger charge is 2.38. The molecule has 1 aromatic carbocycles. The third-order valence-corrected chi connectivity index (χ3v) is 4.05. The number of ether oxygens (including phenoxy) is 1. The Morgan fingerprint density at radius 2 is 2.05 bits per heavy atom. The Hall–Kier alpha value is -1.71. The number of benzene rings is 1. The Kier molecular flexibility index (Phi) is 3.91. The van der Waals surface area contributed by atoms with Crippen molar-refractivity contribution in [1.82, 2.24) is 5.32 Å². The Balaban J connectivity index is 2.18. The first-order chi connectivity index (χ1) is 9.59. The molecule has 4 heteroatoms. The summed E-state index contributed by atoms with van der Waals surface area (Å²) in [5.41, 5.74) is 1.58. The molecular weight excluding hydrogens is 266 g/mol. The van der Waals surface area contributed by atoms with Gasteiger partial charge in [-0.1, -0.05) is 19.9 Å². The fourth-order valence-electron chi connectivity index (χ4n) is 2.93. The predicted molar refractivity (Wildman–Crippen MR) is 82.6 cm³/mol. The van der Waals surface area contributed by atoms with Gasteiger partial charge in [-0.05, 0) is 56.9 Å². The Morgan fingerprint density at radius 1 is 1.38 bits per heavy atom. The lowest BCUT2D eigenvalue weighted by Gasteiger charge is -2.41. The van der Waals surface area contributed by atoms with Gasteiger partial charge in [0.15, 0.2) is 0 Å². The van der Waals surface area contributed by atoms with E-state index in [2.05, 4.69) is 19.2 Å². The maximum Gasteiger partial charge on any atom is 0.407 e. The molecule has 0 bridgehead atoms. The number of hydrogen-bond acceptors (Lipinski definition) is 3. The molecule has 1 aliphatic carbocycles. The van der Waals surface area contributed by atoms with E-state index < -0.39 is 5.60 Å². The number of hydrogen-bond donors (Lipinski definition) is 2. The van der Waals surface area contributed by atoms with Crippen molar-refractivity contribution in [2.45, 2.75) is 64.5 Å². The normalized spacial score (nSPS) is 20.5. The van der Waals surface area contributed by atoms with Gasteiger partial charge in [-0.15, -0.1) is 0 Å². The smallest absolute Gasteiger partial charge is 0.407 e. The van der Waals surface area contributed by atoms with Gasteiger partial charge >= 0.3 is 6.09 Å². The van der Waals surface area contributed by atoms with Crippen LogP contribution in [0, 0.1) is 0 Å². The SMILES string of the molecule is CC(C)(C)OC(=O)NC1CCc2ccc(O)cc2C1(C)C. The van der Waals surface area contributed by atoms with Gasteiger partial charge in [0.2, 0.25) is 0 Å². The van der Waals surface area contributed by atoms with Crippen LogP contribution < -0.4 is 5.32 Å². The second kappa shape index (κ2) is 5.24. The lowest BCUT2D eigenvalue weighted by atomic mass is 9.69. The average Bonchev–Trinajstić information content (AvgIpc) is 2.31. The lowest BCUT2D eigenvalue weighted by Crippen LogP contribution is -2.51. The third-order valence-electron chi connectivity index (χ3n) is 4.05. The summed E-state index contributed by atoms with van der Waals surface area (Å²) in [6.45, 7) is 9.74. The number of phenolic OH excluding ortho intramolecular Hbond substituents is 1. The monoisotopic (exact) mass is 291 g/mol. The maximum absolute atomic E-state index is 12.0. The van der Waals surface area contributed by atoms with Gasteiger partial charge in [-0.2, -0.15) is 0 Å². The zero-order valence-electron chi connectivity index (χ0n) is 13.5. The minimum Gasteiger partial charge on any atom is -0.508 e. The van der Waals surface area contributed by atoms with E-state index in [-0.39, 0.29) is 23.3 Å². The van der Waals surface area contributed by atoms with Crippen LogP contribution in [0.3, 0.4) is 0 Å². The number of carbonyl (C=O) groups excluding carboxylic acids is 1. The number of rotatable bonds is 1. The molecule has 116 valence electrons. The molecule has 0 fully saturated rings. The first-order valence-electron chi connectivity index (χ1n) is 7.41. The highest BCUT2D eigenvalue weighted by Crippen LogP contribution is 2.38. The summed E-state index contributed by atoms with van der Waals surface area (Å²) in [6, 6.07) is 5.48. The van der Waals surface area contributed by atoms with Crippen molar-refractivity contribution in [3.05, 3.63) is 29.3 Å². The summed E-state index contributed by atoms with van der Waals surface area (Å²) >= 11 is 0. The van der Waals surface area contributed by atoms with Gasteiger partial charge in [-0.25, -0.2) is 4.79 Å². The lowest BCUT2D eigenvalue weighted by molar-refractivity contribution is 0.0474. The van der Waals surface area contributed by atoms with Crippen molar-refractivity contribution in [2.75, 3.05) is 0 Å². The van der Waals surface area contributed by atoms with Crippen LogP contribution in [0.15, 0.2) is 18.2 Å². The zero-order valence-corrected chi connectivity index (χ0v) is 13.5. The van der Waals surface area contributed by atoms with Crippen molar-refractivity contribution in [3.63, 3.8) is 0 Å². The van der Waals surface area contributed by atoms with Gasteiger partial charge in [0, 0.05) is 11.5 Å². The van der Waals surface area contributed by atoms with Gasteiger partial charge < -0.3 is 15.2 Å². The summed E-state index contributed by atoms with van der Waals surface area (Å²) in [6.07, 6.45) is 1.37. The van der Waals surface area contributed by atoms with Crippen LogP contribution in [0.1, 0.15) is 52.2 Å². The van der Waals surface area contributed by atoms with Crippen molar-refractivity contribution in [1.29, 1.82) is 0 Å². The van der Waals surface area contributed by atoms with Crippen LogP contribution in [0.4, 0.5) is 4.79 Å². The fourth-order valence-corrected chi connectivity index (χ4v) is 2.93. The van der Waals surface area contributed by atoms with E-state index in [1.54, 1.807) is 12.1 Å². The van der Waals surface area contributed by atoms with E-state index in [9.17, 15) is 9.90 Å². The summed E-state index contributed by atoms with van der Waals surface area (Å²) in [4.78, 5) is 12.0. The van der Waals surface area contributed by atoms with Crippen molar-refractivity contribution >= 4 is 6.09 Å². The highest BCUT2D eigenvalue weighted by molar-refractivity contribution is 5.68. The van der Waals surface area contributed by atoms with E-state index in [0.29, 0.717) is 0 Å². The van der Waals surface area contributed by atoms with Crippen molar-refractivity contribution in [2.24, 2.45) is 0 Å². The molecule has 2 rings (SSSR count). The van der Waals surface area contributed by atoms with Gasteiger partial charge in [-0.3, -0.25) is 0 Å². The van der Waals surface area contributed by atoms with E-state index in [1.165, 1.54) is 5.56 Å². The summed E-state index contributed by atoms with van der Waals surface area (Å²) in [5, 5.41) is 12.7. The molecule has 1 unspecified atom stereocenters. The number of fused-ring (bicyclic) bond motifs is 1. The molecule has 0 radical (unpaired) electrons. The minimum absolute atomic E-state index is 0.0124. The molecule has 1 atom stereocenters. The fraction of sp³-hybridized carbons (Fsp3) is 0.588. The molecule has 21 heavy (non-hydrogen) atoms. The third kappa shape index (κ3) is 3.49. The number of alkyl carbamates (subject to hydrolysis) is 1. The summed E-state index contributed by atoms with van der Waals surface area (Å²) < 4.78 is 5.35. The second-order valence-electron chi connectivity index (χ2n) is 7.30. The topological polar surface area (TPSA) is 58.6 Å². The molecule has 4 nitrogen and oxygen atoms in total.